The minimum Gasteiger partial charge on any atom is -0.378 e. The van der Waals surface area contributed by atoms with Crippen molar-refractivity contribution >= 4 is 0 Å². The van der Waals surface area contributed by atoms with Gasteiger partial charge in [-0.25, -0.2) is 0 Å². The Balaban J connectivity index is 4.71. The molecule has 0 aliphatic heterocycles. The van der Waals surface area contributed by atoms with Crippen LogP contribution >= 0.6 is 0 Å². The summed E-state index contributed by atoms with van der Waals surface area (Å²) in [6.07, 6.45) is -3.40. The van der Waals surface area contributed by atoms with E-state index in [4.69, 9.17) is 0 Å². The first-order valence-electron chi connectivity index (χ1n) is 6.54. The van der Waals surface area contributed by atoms with Crippen LogP contribution in [0.2, 0.25) is 0 Å². The number of halogens is 10. The van der Waals surface area contributed by atoms with Crippen LogP contribution in [0, 0.1) is 0 Å². The van der Waals surface area contributed by atoms with Gasteiger partial charge in [0.05, 0.1) is 6.61 Å². The molecule has 0 saturated carbocycles. The van der Waals surface area contributed by atoms with Crippen LogP contribution in [0.15, 0.2) is 0 Å². The fourth-order valence-electron chi connectivity index (χ4n) is 1.45. The molecule has 0 aliphatic rings. The number of methoxy groups -OCH3 is 1. The van der Waals surface area contributed by atoms with Crippen LogP contribution in [0.4, 0.5) is 43.9 Å². The quantitative estimate of drug-likeness (QED) is 0.383. The second kappa shape index (κ2) is 7.63. The molecule has 0 amide bonds. The van der Waals surface area contributed by atoms with Crippen molar-refractivity contribution in [3.8, 4) is 0 Å². The minimum absolute atomic E-state index is 0.545. The van der Waals surface area contributed by atoms with Gasteiger partial charge in [-0.3, -0.25) is 0 Å². The maximum atomic E-state index is 13.1. The van der Waals surface area contributed by atoms with E-state index in [0.29, 0.717) is 6.92 Å². The van der Waals surface area contributed by atoms with Crippen molar-refractivity contribution in [2.75, 3.05) is 26.9 Å². The second-order valence-electron chi connectivity index (χ2n) is 4.98. The van der Waals surface area contributed by atoms with Gasteiger partial charge in [-0.05, 0) is 0 Å². The Kier molecular flexibility index (Phi) is 7.38. The molecule has 0 radical (unpaired) electrons. The zero-order valence-electron chi connectivity index (χ0n) is 12.6. The minimum atomic E-state index is -5.79. The maximum absolute atomic E-state index is 13.1. The molecule has 0 N–H and O–H groups in total. The average molecular weight is 382 g/mol. The van der Waals surface area contributed by atoms with Crippen LogP contribution in [0.25, 0.3) is 0 Å². The van der Waals surface area contributed by atoms with Gasteiger partial charge < -0.3 is 9.47 Å². The molecule has 0 aromatic carbocycles. The van der Waals surface area contributed by atoms with E-state index in [2.05, 4.69) is 9.47 Å². The van der Waals surface area contributed by atoms with E-state index in [1.807, 2.05) is 0 Å². The van der Waals surface area contributed by atoms with Gasteiger partial charge in [0.2, 0.25) is 0 Å². The lowest BCUT2D eigenvalue weighted by atomic mass is 10.0. The van der Waals surface area contributed by atoms with Gasteiger partial charge in [0, 0.05) is 20.0 Å². The Labute approximate surface area is 131 Å². The molecule has 0 spiro atoms. The summed E-state index contributed by atoms with van der Waals surface area (Å²) < 4.78 is 138. The SMILES string of the molecule is CCC(F)(F)C(F)(F)C(F)(F)COCCC(F)(F)C(F)(F)COC. The van der Waals surface area contributed by atoms with Gasteiger partial charge in [-0.15, -0.1) is 0 Å². The number of ether oxygens (including phenoxy) is 2. The number of alkyl halides is 10. The Bertz CT molecular complexity index is 397. The highest BCUT2D eigenvalue weighted by atomic mass is 19.3. The Morgan fingerprint density at radius 3 is 1.58 bits per heavy atom. The predicted molar refractivity (Wildman–Crippen MR) is 62.3 cm³/mol. The smallest absolute Gasteiger partial charge is 0.374 e. The van der Waals surface area contributed by atoms with Crippen LogP contribution in [0.1, 0.15) is 19.8 Å². The monoisotopic (exact) mass is 382 g/mol. The molecule has 12 heteroatoms. The van der Waals surface area contributed by atoms with Crippen LogP contribution in [0.3, 0.4) is 0 Å². The molecule has 0 heterocycles. The van der Waals surface area contributed by atoms with Crippen molar-refractivity contribution in [3.05, 3.63) is 0 Å². The molecule has 0 fully saturated rings. The average Bonchev–Trinajstić information content (AvgIpc) is 2.43. The summed E-state index contributed by atoms with van der Waals surface area (Å²) >= 11 is 0. The lowest BCUT2D eigenvalue weighted by molar-refractivity contribution is -0.320. The van der Waals surface area contributed by atoms with Crippen molar-refractivity contribution in [2.24, 2.45) is 0 Å². The van der Waals surface area contributed by atoms with Gasteiger partial charge >= 0.3 is 29.6 Å². The van der Waals surface area contributed by atoms with Crippen molar-refractivity contribution in [1.82, 2.24) is 0 Å². The molecular weight excluding hydrogens is 366 g/mol. The fourth-order valence-corrected chi connectivity index (χ4v) is 1.45. The van der Waals surface area contributed by atoms with Crippen LogP contribution in [0.5, 0.6) is 0 Å². The highest BCUT2D eigenvalue weighted by Gasteiger charge is 2.70. The molecule has 2 nitrogen and oxygen atoms in total. The van der Waals surface area contributed by atoms with Crippen molar-refractivity contribution < 1.29 is 53.4 Å². The van der Waals surface area contributed by atoms with Gasteiger partial charge in [-0.1, -0.05) is 6.92 Å². The molecule has 0 aliphatic carbocycles. The van der Waals surface area contributed by atoms with Crippen molar-refractivity contribution in [2.45, 2.75) is 49.4 Å². The highest BCUT2D eigenvalue weighted by Crippen LogP contribution is 2.47. The number of hydrogen-bond donors (Lipinski definition) is 0. The lowest BCUT2D eigenvalue weighted by Crippen LogP contribution is -2.56. The molecular formula is C12H16F10O2. The summed E-state index contributed by atoms with van der Waals surface area (Å²) in [5.41, 5.74) is 0. The third-order valence-corrected chi connectivity index (χ3v) is 3.07. The van der Waals surface area contributed by atoms with Crippen LogP contribution in [-0.4, -0.2) is 56.5 Å². The van der Waals surface area contributed by atoms with Gasteiger partial charge in [0.15, 0.2) is 0 Å². The van der Waals surface area contributed by atoms with Gasteiger partial charge in [0.25, 0.3) is 0 Å². The topological polar surface area (TPSA) is 18.5 Å². The largest absolute Gasteiger partial charge is 0.378 e. The summed E-state index contributed by atoms with van der Waals surface area (Å²) in [5.74, 6) is -25.6. The lowest BCUT2D eigenvalue weighted by Gasteiger charge is -2.32. The van der Waals surface area contributed by atoms with E-state index in [0.717, 1.165) is 7.11 Å². The normalized spacial score (nSPS) is 15.0. The highest BCUT2D eigenvalue weighted by molar-refractivity contribution is 4.95. The first kappa shape index (κ1) is 23.2. The Hall–Kier alpha value is -0.780. The van der Waals surface area contributed by atoms with Gasteiger partial charge in [-0.2, -0.15) is 43.9 Å². The Morgan fingerprint density at radius 1 is 0.667 bits per heavy atom. The van der Waals surface area contributed by atoms with E-state index >= 15 is 0 Å². The number of rotatable bonds is 11. The van der Waals surface area contributed by atoms with E-state index in [1.54, 1.807) is 0 Å². The van der Waals surface area contributed by atoms with E-state index in [1.165, 1.54) is 0 Å². The van der Waals surface area contributed by atoms with E-state index in [-0.39, 0.29) is 0 Å². The molecule has 0 rings (SSSR count). The van der Waals surface area contributed by atoms with Crippen LogP contribution < -0.4 is 0 Å². The second-order valence-corrected chi connectivity index (χ2v) is 4.98. The molecule has 0 aromatic rings. The zero-order chi connectivity index (χ0) is 19.4. The molecule has 0 unspecified atom stereocenters. The van der Waals surface area contributed by atoms with Crippen molar-refractivity contribution in [1.29, 1.82) is 0 Å². The summed E-state index contributed by atoms with van der Waals surface area (Å²) in [6.45, 7) is -4.93. The third kappa shape index (κ3) is 4.87. The molecule has 24 heavy (non-hydrogen) atoms. The molecule has 0 aromatic heterocycles. The number of hydrogen-bond acceptors (Lipinski definition) is 2. The van der Waals surface area contributed by atoms with Crippen LogP contribution in [-0.2, 0) is 9.47 Å². The molecule has 0 bridgehead atoms. The van der Waals surface area contributed by atoms with Gasteiger partial charge in [0.1, 0.15) is 13.2 Å². The molecule has 0 saturated heterocycles. The summed E-state index contributed by atoms with van der Waals surface area (Å²) in [5, 5.41) is 0. The molecule has 0 atom stereocenters. The Morgan fingerprint density at radius 2 is 1.17 bits per heavy atom. The third-order valence-electron chi connectivity index (χ3n) is 3.07. The summed E-state index contributed by atoms with van der Waals surface area (Å²) in [4.78, 5) is 0. The fraction of sp³-hybridized carbons (Fsp3) is 1.00. The first-order chi connectivity index (χ1) is 10.6. The summed E-state index contributed by atoms with van der Waals surface area (Å²) in [6, 6.07) is 0. The summed E-state index contributed by atoms with van der Waals surface area (Å²) in [7, 11) is 0.719. The zero-order valence-corrected chi connectivity index (χ0v) is 12.6. The standard InChI is InChI=1S/C12H16F10O2/c1-3-8(13,14)12(21,22)11(19,20)7-24-5-4-9(15,16)10(17,18)6-23-2/h3-7H2,1-2H3. The van der Waals surface area contributed by atoms with E-state index in [9.17, 15) is 43.9 Å². The maximum Gasteiger partial charge on any atom is 0.374 e. The van der Waals surface area contributed by atoms with Crippen molar-refractivity contribution in [3.63, 3.8) is 0 Å². The predicted octanol–water partition coefficient (Wildman–Crippen LogP) is 4.63. The first-order valence-corrected chi connectivity index (χ1v) is 6.54. The molecule has 146 valence electrons. The van der Waals surface area contributed by atoms with E-state index < -0.39 is 62.3 Å².